The van der Waals surface area contributed by atoms with Gasteiger partial charge >= 0.3 is 0 Å². The smallest absolute Gasteiger partial charge is 0.234 e. The molecular formula is C15H18N4OS. The van der Waals surface area contributed by atoms with Crippen molar-refractivity contribution in [3.8, 4) is 0 Å². The fourth-order valence-electron chi connectivity index (χ4n) is 2.63. The molecule has 110 valence electrons. The number of rotatable bonds is 5. The summed E-state index contributed by atoms with van der Waals surface area (Å²) in [5.74, 6) is -0.231. The maximum absolute atomic E-state index is 11.4. The molecule has 5 nitrogen and oxygen atoms in total. The van der Waals surface area contributed by atoms with Crippen LogP contribution in [0.2, 0.25) is 0 Å². The Balaban J connectivity index is 1.64. The summed E-state index contributed by atoms with van der Waals surface area (Å²) in [7, 11) is 0. The van der Waals surface area contributed by atoms with Gasteiger partial charge in [-0.3, -0.25) is 9.69 Å². The normalized spacial score (nSPS) is 18.8. The Morgan fingerprint density at radius 1 is 1.43 bits per heavy atom. The van der Waals surface area contributed by atoms with Gasteiger partial charge in [-0.2, -0.15) is 0 Å². The summed E-state index contributed by atoms with van der Waals surface area (Å²) in [6.07, 6.45) is 1.88. The third-order valence-electron chi connectivity index (χ3n) is 3.63. The number of carbonyl (C=O) groups excluding carboxylic acids is 1. The second-order valence-electron chi connectivity index (χ2n) is 5.17. The van der Waals surface area contributed by atoms with Gasteiger partial charge in [0.25, 0.3) is 0 Å². The molecule has 1 aliphatic rings. The highest BCUT2D eigenvalue weighted by Gasteiger charge is 2.29. The summed E-state index contributed by atoms with van der Waals surface area (Å²) in [6, 6.07) is 9.82. The van der Waals surface area contributed by atoms with Gasteiger partial charge in [-0.25, -0.2) is 4.98 Å². The maximum Gasteiger partial charge on any atom is 0.234 e. The Labute approximate surface area is 127 Å². The number of thiazole rings is 1. The third-order valence-corrected chi connectivity index (χ3v) is 4.44. The number of nitrogens with zero attached hydrogens (tertiary/aromatic N) is 2. The Bertz CT molecular complexity index is 613. The number of benzene rings is 1. The number of aromatic nitrogens is 1. The zero-order valence-corrected chi connectivity index (χ0v) is 12.5. The molecule has 1 aliphatic heterocycles. The molecule has 1 aromatic heterocycles. The summed E-state index contributed by atoms with van der Waals surface area (Å²) in [4.78, 5) is 18.1. The van der Waals surface area contributed by atoms with Crippen LogP contribution in [0.4, 0.5) is 10.8 Å². The summed E-state index contributed by atoms with van der Waals surface area (Å²) in [5, 5.41) is 6.18. The van der Waals surface area contributed by atoms with Gasteiger partial charge < -0.3 is 11.1 Å². The second kappa shape index (κ2) is 6.24. The minimum absolute atomic E-state index is 0.141. The first-order valence-electron chi connectivity index (χ1n) is 7.02. The molecule has 21 heavy (non-hydrogen) atoms. The zero-order valence-electron chi connectivity index (χ0n) is 11.7. The standard InChI is InChI=1S/C15H18N4OS/c16-14(20)13-7-4-8-19(13)9-12-10-21-15(18-12)17-11-5-2-1-3-6-11/h1-3,5-6,10,13H,4,7-9H2,(H2,16,20)(H,17,18)/t13-/m0/s1. The molecule has 0 spiro atoms. The number of primary amides is 1. The van der Waals surface area contributed by atoms with Crippen LogP contribution in [0, 0.1) is 0 Å². The van der Waals surface area contributed by atoms with Crippen LogP contribution in [0.15, 0.2) is 35.7 Å². The maximum atomic E-state index is 11.4. The van der Waals surface area contributed by atoms with E-state index in [1.54, 1.807) is 11.3 Å². The lowest BCUT2D eigenvalue weighted by atomic mass is 10.2. The number of hydrogen-bond acceptors (Lipinski definition) is 5. The molecule has 0 unspecified atom stereocenters. The van der Waals surface area contributed by atoms with Crippen molar-refractivity contribution in [2.75, 3.05) is 11.9 Å². The molecular weight excluding hydrogens is 284 g/mol. The average Bonchev–Trinajstić information content (AvgIpc) is 3.10. The van der Waals surface area contributed by atoms with Crippen molar-refractivity contribution >= 4 is 28.1 Å². The monoisotopic (exact) mass is 302 g/mol. The molecule has 0 radical (unpaired) electrons. The fraction of sp³-hybridized carbons (Fsp3) is 0.333. The van der Waals surface area contributed by atoms with Gasteiger partial charge in [-0.05, 0) is 31.5 Å². The van der Waals surface area contributed by atoms with Crippen LogP contribution >= 0.6 is 11.3 Å². The lowest BCUT2D eigenvalue weighted by molar-refractivity contribution is -0.122. The molecule has 1 fully saturated rings. The van der Waals surface area contributed by atoms with Gasteiger partial charge in [0, 0.05) is 17.6 Å². The predicted molar refractivity (Wildman–Crippen MR) is 84.5 cm³/mol. The number of hydrogen-bond donors (Lipinski definition) is 2. The van der Waals surface area contributed by atoms with E-state index in [2.05, 4.69) is 15.2 Å². The van der Waals surface area contributed by atoms with E-state index < -0.39 is 0 Å². The molecule has 1 saturated heterocycles. The molecule has 0 bridgehead atoms. The van der Waals surface area contributed by atoms with E-state index in [1.165, 1.54) is 0 Å². The molecule has 1 aromatic carbocycles. The van der Waals surface area contributed by atoms with Gasteiger partial charge in [0.1, 0.15) is 0 Å². The molecule has 2 aromatic rings. The summed E-state index contributed by atoms with van der Waals surface area (Å²) < 4.78 is 0. The summed E-state index contributed by atoms with van der Waals surface area (Å²) in [5.41, 5.74) is 7.44. The van der Waals surface area contributed by atoms with Gasteiger partial charge in [0.15, 0.2) is 5.13 Å². The highest BCUT2D eigenvalue weighted by atomic mass is 32.1. The minimum atomic E-state index is -0.231. The number of para-hydroxylation sites is 1. The SMILES string of the molecule is NC(=O)[C@@H]1CCCN1Cc1csc(Nc2ccccc2)n1. The van der Waals surface area contributed by atoms with Crippen molar-refractivity contribution in [1.82, 2.24) is 9.88 Å². The topological polar surface area (TPSA) is 71.2 Å². The Hall–Kier alpha value is -1.92. The van der Waals surface area contributed by atoms with Gasteiger partial charge in [-0.1, -0.05) is 18.2 Å². The summed E-state index contributed by atoms with van der Waals surface area (Å²) in [6.45, 7) is 1.59. The van der Waals surface area contributed by atoms with E-state index in [0.717, 1.165) is 35.9 Å². The van der Waals surface area contributed by atoms with Crippen molar-refractivity contribution < 1.29 is 4.79 Å². The van der Waals surface area contributed by atoms with E-state index in [9.17, 15) is 4.79 Å². The van der Waals surface area contributed by atoms with Crippen LogP contribution in [0.3, 0.4) is 0 Å². The Kier molecular flexibility index (Phi) is 4.17. The predicted octanol–water partition coefficient (Wildman–Crippen LogP) is 2.34. The first-order chi connectivity index (χ1) is 10.2. The molecule has 0 aliphatic carbocycles. The average molecular weight is 302 g/mol. The quantitative estimate of drug-likeness (QED) is 0.889. The van der Waals surface area contributed by atoms with Crippen LogP contribution in [0.5, 0.6) is 0 Å². The van der Waals surface area contributed by atoms with Crippen LogP contribution in [-0.4, -0.2) is 28.4 Å². The number of amides is 1. The van der Waals surface area contributed by atoms with E-state index >= 15 is 0 Å². The second-order valence-corrected chi connectivity index (χ2v) is 6.02. The van der Waals surface area contributed by atoms with Crippen LogP contribution in [0.1, 0.15) is 18.5 Å². The zero-order chi connectivity index (χ0) is 14.7. The van der Waals surface area contributed by atoms with Crippen molar-refractivity contribution in [2.45, 2.75) is 25.4 Å². The van der Waals surface area contributed by atoms with Gasteiger partial charge in [0.2, 0.25) is 5.91 Å². The van der Waals surface area contributed by atoms with E-state index in [1.807, 2.05) is 35.7 Å². The number of nitrogens with two attached hydrogens (primary N) is 1. The van der Waals surface area contributed by atoms with Crippen molar-refractivity contribution in [2.24, 2.45) is 5.73 Å². The van der Waals surface area contributed by atoms with E-state index in [0.29, 0.717) is 6.54 Å². The minimum Gasteiger partial charge on any atom is -0.368 e. The van der Waals surface area contributed by atoms with Crippen molar-refractivity contribution in [3.05, 3.63) is 41.4 Å². The molecule has 2 heterocycles. The van der Waals surface area contributed by atoms with Crippen molar-refractivity contribution in [3.63, 3.8) is 0 Å². The largest absolute Gasteiger partial charge is 0.368 e. The first kappa shape index (κ1) is 14.0. The number of anilines is 2. The molecule has 6 heteroatoms. The number of carbonyl (C=O) groups is 1. The molecule has 1 amide bonds. The van der Waals surface area contributed by atoms with E-state index in [4.69, 9.17) is 5.73 Å². The lowest BCUT2D eigenvalue weighted by Crippen LogP contribution is -2.39. The van der Waals surface area contributed by atoms with Crippen molar-refractivity contribution in [1.29, 1.82) is 0 Å². The molecule has 3 N–H and O–H groups in total. The number of likely N-dealkylation sites (tertiary alicyclic amines) is 1. The van der Waals surface area contributed by atoms with Gasteiger partial charge in [-0.15, -0.1) is 11.3 Å². The van der Waals surface area contributed by atoms with Gasteiger partial charge in [0.05, 0.1) is 11.7 Å². The number of nitrogens with one attached hydrogen (secondary N) is 1. The third kappa shape index (κ3) is 3.40. The highest BCUT2D eigenvalue weighted by molar-refractivity contribution is 7.13. The van der Waals surface area contributed by atoms with E-state index in [-0.39, 0.29) is 11.9 Å². The molecule has 1 atom stereocenters. The van der Waals surface area contributed by atoms with Crippen LogP contribution in [-0.2, 0) is 11.3 Å². The fourth-order valence-corrected chi connectivity index (χ4v) is 3.35. The molecule has 3 rings (SSSR count). The molecule has 0 saturated carbocycles. The Morgan fingerprint density at radius 3 is 3.00 bits per heavy atom. The lowest BCUT2D eigenvalue weighted by Gasteiger charge is -2.20. The first-order valence-corrected chi connectivity index (χ1v) is 7.90. The van der Waals surface area contributed by atoms with Crippen LogP contribution in [0.25, 0.3) is 0 Å². The van der Waals surface area contributed by atoms with Crippen LogP contribution < -0.4 is 11.1 Å². The Morgan fingerprint density at radius 2 is 2.24 bits per heavy atom. The summed E-state index contributed by atoms with van der Waals surface area (Å²) >= 11 is 1.57. The highest BCUT2D eigenvalue weighted by Crippen LogP contribution is 2.24.